The van der Waals surface area contributed by atoms with Gasteiger partial charge in [0.1, 0.15) is 5.76 Å². The first-order chi connectivity index (χ1) is 6.45. The molecule has 0 spiro atoms. The first-order valence-corrected chi connectivity index (χ1v) is 4.89. The highest BCUT2D eigenvalue weighted by Crippen LogP contribution is 2.06. The molecule has 1 aliphatic heterocycles. The highest BCUT2D eigenvalue weighted by Gasteiger charge is 2.15. The molecule has 2 heterocycles. The zero-order valence-corrected chi connectivity index (χ0v) is 7.75. The van der Waals surface area contributed by atoms with Crippen LogP contribution in [0.25, 0.3) is 0 Å². The molecule has 1 aromatic heterocycles. The van der Waals surface area contributed by atoms with Gasteiger partial charge in [-0.1, -0.05) is 0 Å². The molecule has 0 amide bonds. The Hall–Kier alpha value is -0.800. The summed E-state index contributed by atoms with van der Waals surface area (Å²) in [5.41, 5.74) is 0. The highest BCUT2D eigenvalue weighted by atomic mass is 16.3. The highest BCUT2D eigenvalue weighted by molar-refractivity contribution is 4.97. The third-order valence-electron chi connectivity index (χ3n) is 2.47. The first-order valence-electron chi connectivity index (χ1n) is 4.89. The summed E-state index contributed by atoms with van der Waals surface area (Å²) in [5, 5.41) is 6.63. The zero-order chi connectivity index (χ0) is 8.93. The number of hydrogen-bond donors (Lipinski definition) is 2. The Morgan fingerprint density at radius 2 is 2.46 bits per heavy atom. The monoisotopic (exact) mass is 180 g/mol. The molecule has 2 rings (SSSR count). The molecule has 0 saturated carbocycles. The van der Waals surface area contributed by atoms with Gasteiger partial charge in [-0.3, -0.25) is 0 Å². The Bertz CT molecular complexity index is 229. The van der Waals surface area contributed by atoms with Crippen molar-refractivity contribution in [2.24, 2.45) is 5.92 Å². The Kier molecular flexibility index (Phi) is 3.00. The molecule has 1 fully saturated rings. The molecule has 13 heavy (non-hydrogen) atoms. The second kappa shape index (κ2) is 4.44. The van der Waals surface area contributed by atoms with Gasteiger partial charge in [0.15, 0.2) is 0 Å². The van der Waals surface area contributed by atoms with E-state index in [4.69, 9.17) is 4.42 Å². The van der Waals surface area contributed by atoms with Crippen molar-refractivity contribution in [1.29, 1.82) is 0 Å². The van der Waals surface area contributed by atoms with Crippen LogP contribution in [-0.4, -0.2) is 19.6 Å². The van der Waals surface area contributed by atoms with Crippen LogP contribution >= 0.6 is 0 Å². The van der Waals surface area contributed by atoms with E-state index in [1.807, 2.05) is 12.1 Å². The smallest absolute Gasteiger partial charge is 0.117 e. The molecule has 3 heteroatoms. The standard InChI is InChI=1S/C10H16N2O/c1-2-10(13-5-1)8-11-4-3-9-6-12-7-9/h1-2,5,9,11-12H,3-4,6-8H2. The van der Waals surface area contributed by atoms with E-state index in [-0.39, 0.29) is 0 Å². The summed E-state index contributed by atoms with van der Waals surface area (Å²) in [4.78, 5) is 0. The molecule has 0 aromatic carbocycles. The Balaban J connectivity index is 1.53. The summed E-state index contributed by atoms with van der Waals surface area (Å²) in [7, 11) is 0. The largest absolute Gasteiger partial charge is 0.468 e. The Morgan fingerprint density at radius 3 is 3.08 bits per heavy atom. The SMILES string of the molecule is c1coc(CNCCC2CNC2)c1. The van der Waals surface area contributed by atoms with Gasteiger partial charge in [0, 0.05) is 0 Å². The van der Waals surface area contributed by atoms with Gasteiger partial charge in [-0.15, -0.1) is 0 Å². The van der Waals surface area contributed by atoms with Crippen molar-refractivity contribution < 1.29 is 4.42 Å². The van der Waals surface area contributed by atoms with Crippen LogP contribution in [0.4, 0.5) is 0 Å². The average molecular weight is 180 g/mol. The van der Waals surface area contributed by atoms with Gasteiger partial charge < -0.3 is 15.1 Å². The zero-order valence-electron chi connectivity index (χ0n) is 7.75. The third kappa shape index (κ3) is 2.57. The summed E-state index contributed by atoms with van der Waals surface area (Å²) < 4.78 is 5.21. The van der Waals surface area contributed by atoms with Crippen LogP contribution in [0, 0.1) is 5.92 Å². The first kappa shape index (κ1) is 8.78. The van der Waals surface area contributed by atoms with Crippen molar-refractivity contribution in [2.75, 3.05) is 19.6 Å². The lowest BCUT2D eigenvalue weighted by molar-refractivity contribution is 0.320. The van der Waals surface area contributed by atoms with Crippen LogP contribution in [0.3, 0.4) is 0 Å². The summed E-state index contributed by atoms with van der Waals surface area (Å²) in [5.74, 6) is 1.91. The van der Waals surface area contributed by atoms with Crippen LogP contribution in [0.15, 0.2) is 22.8 Å². The minimum Gasteiger partial charge on any atom is -0.468 e. The van der Waals surface area contributed by atoms with E-state index >= 15 is 0 Å². The van der Waals surface area contributed by atoms with Crippen LogP contribution in [0.1, 0.15) is 12.2 Å². The van der Waals surface area contributed by atoms with Gasteiger partial charge in [0.25, 0.3) is 0 Å². The second-order valence-corrected chi connectivity index (χ2v) is 3.57. The van der Waals surface area contributed by atoms with Crippen molar-refractivity contribution in [1.82, 2.24) is 10.6 Å². The Morgan fingerprint density at radius 1 is 1.54 bits per heavy atom. The lowest BCUT2D eigenvalue weighted by Crippen LogP contribution is -2.43. The fraction of sp³-hybridized carbons (Fsp3) is 0.600. The van der Waals surface area contributed by atoms with Crippen molar-refractivity contribution in [2.45, 2.75) is 13.0 Å². The summed E-state index contributed by atoms with van der Waals surface area (Å²) in [6.45, 7) is 4.34. The molecular weight excluding hydrogens is 164 g/mol. The summed E-state index contributed by atoms with van der Waals surface area (Å²) in [6.07, 6.45) is 2.99. The fourth-order valence-electron chi connectivity index (χ4n) is 1.48. The number of hydrogen-bond acceptors (Lipinski definition) is 3. The third-order valence-corrected chi connectivity index (χ3v) is 2.47. The Labute approximate surface area is 78.5 Å². The van der Waals surface area contributed by atoms with Crippen LogP contribution < -0.4 is 10.6 Å². The molecule has 1 saturated heterocycles. The van der Waals surface area contributed by atoms with E-state index in [1.165, 1.54) is 19.5 Å². The van der Waals surface area contributed by atoms with Gasteiger partial charge in [-0.25, -0.2) is 0 Å². The van der Waals surface area contributed by atoms with Gasteiger partial charge in [0.2, 0.25) is 0 Å². The molecule has 0 unspecified atom stereocenters. The fourth-order valence-corrected chi connectivity index (χ4v) is 1.48. The molecule has 1 aromatic rings. The lowest BCUT2D eigenvalue weighted by Gasteiger charge is -2.26. The van der Waals surface area contributed by atoms with Crippen molar-refractivity contribution in [3.8, 4) is 0 Å². The maximum Gasteiger partial charge on any atom is 0.117 e. The molecule has 3 nitrogen and oxygen atoms in total. The van der Waals surface area contributed by atoms with Gasteiger partial charge in [0.05, 0.1) is 12.8 Å². The van der Waals surface area contributed by atoms with Crippen LogP contribution in [0.5, 0.6) is 0 Å². The lowest BCUT2D eigenvalue weighted by atomic mass is 10.00. The van der Waals surface area contributed by atoms with E-state index in [9.17, 15) is 0 Å². The van der Waals surface area contributed by atoms with Gasteiger partial charge in [-0.2, -0.15) is 0 Å². The quantitative estimate of drug-likeness (QED) is 0.663. The van der Waals surface area contributed by atoms with E-state index in [0.29, 0.717) is 0 Å². The minimum atomic E-state index is 0.854. The maximum atomic E-state index is 5.21. The molecule has 0 bridgehead atoms. The predicted octanol–water partition coefficient (Wildman–Crippen LogP) is 0.979. The predicted molar refractivity (Wildman–Crippen MR) is 51.4 cm³/mol. The van der Waals surface area contributed by atoms with Gasteiger partial charge >= 0.3 is 0 Å². The summed E-state index contributed by atoms with van der Waals surface area (Å²) in [6, 6.07) is 3.92. The normalized spacial score (nSPS) is 17.2. The number of rotatable bonds is 5. The maximum absolute atomic E-state index is 5.21. The molecule has 2 N–H and O–H groups in total. The van der Waals surface area contributed by atoms with E-state index < -0.39 is 0 Å². The molecule has 0 atom stereocenters. The van der Waals surface area contributed by atoms with Crippen molar-refractivity contribution in [3.05, 3.63) is 24.2 Å². The van der Waals surface area contributed by atoms with Crippen molar-refractivity contribution >= 4 is 0 Å². The summed E-state index contributed by atoms with van der Waals surface area (Å²) >= 11 is 0. The average Bonchev–Trinajstić information content (AvgIpc) is 2.53. The van der Waals surface area contributed by atoms with E-state index in [2.05, 4.69) is 10.6 Å². The number of furan rings is 1. The molecule has 0 aliphatic carbocycles. The van der Waals surface area contributed by atoms with Gasteiger partial charge in [-0.05, 0) is 44.1 Å². The van der Waals surface area contributed by atoms with E-state index in [1.54, 1.807) is 6.26 Å². The molecule has 72 valence electrons. The van der Waals surface area contributed by atoms with E-state index in [0.717, 1.165) is 24.8 Å². The second-order valence-electron chi connectivity index (χ2n) is 3.57. The molecular formula is C10H16N2O. The van der Waals surface area contributed by atoms with Crippen molar-refractivity contribution in [3.63, 3.8) is 0 Å². The molecule has 1 aliphatic rings. The number of nitrogens with one attached hydrogen (secondary N) is 2. The molecule has 0 radical (unpaired) electrons. The van der Waals surface area contributed by atoms with Crippen LogP contribution in [0.2, 0.25) is 0 Å². The minimum absolute atomic E-state index is 0.854. The van der Waals surface area contributed by atoms with Crippen LogP contribution in [-0.2, 0) is 6.54 Å². The topological polar surface area (TPSA) is 37.2 Å².